The van der Waals surface area contributed by atoms with Crippen LogP contribution in [0.5, 0.6) is 11.5 Å². The number of pyridine rings is 1. The number of hydrogen-bond acceptors (Lipinski definition) is 6. The maximum absolute atomic E-state index is 11.1. The van der Waals surface area contributed by atoms with Crippen LogP contribution in [0.1, 0.15) is 16.5 Å². The largest absolute Gasteiger partial charge is 0.507 e. The van der Waals surface area contributed by atoms with Gasteiger partial charge in [-0.25, -0.2) is 0 Å². The Morgan fingerprint density at radius 2 is 2.26 bits per heavy atom. The molecule has 2 heterocycles. The predicted molar refractivity (Wildman–Crippen MR) is 86.4 cm³/mol. The summed E-state index contributed by atoms with van der Waals surface area (Å²) in [4.78, 5) is 15.1. The summed E-state index contributed by atoms with van der Waals surface area (Å²) in [5.41, 5.74) is 1.49. The van der Waals surface area contributed by atoms with E-state index in [1.54, 1.807) is 30.6 Å². The lowest BCUT2D eigenvalue weighted by Gasteiger charge is -2.18. The summed E-state index contributed by atoms with van der Waals surface area (Å²) in [6.45, 7) is 0.323. The molecule has 120 valence electrons. The zero-order valence-electron chi connectivity index (χ0n) is 12.2. The molecule has 2 atom stereocenters. The van der Waals surface area contributed by atoms with Crippen molar-refractivity contribution in [2.24, 2.45) is 0 Å². The lowest BCUT2D eigenvalue weighted by molar-refractivity contribution is -0.138. The van der Waals surface area contributed by atoms with E-state index in [1.165, 1.54) is 11.8 Å². The SMILES string of the molecule is O=C(O)C1CSC(c2c(O)cccc2OCc2cccnc2)N1. The molecule has 3 rings (SSSR count). The van der Waals surface area contributed by atoms with E-state index in [4.69, 9.17) is 9.84 Å². The molecule has 0 aliphatic carbocycles. The molecule has 0 amide bonds. The lowest BCUT2D eigenvalue weighted by Crippen LogP contribution is -2.33. The fourth-order valence-electron chi connectivity index (χ4n) is 2.35. The van der Waals surface area contributed by atoms with Gasteiger partial charge >= 0.3 is 5.97 Å². The van der Waals surface area contributed by atoms with E-state index in [-0.39, 0.29) is 11.1 Å². The smallest absolute Gasteiger partial charge is 0.321 e. The van der Waals surface area contributed by atoms with Gasteiger partial charge in [0.15, 0.2) is 0 Å². The van der Waals surface area contributed by atoms with Crippen LogP contribution < -0.4 is 10.1 Å². The van der Waals surface area contributed by atoms with Crippen LogP contribution in [0.25, 0.3) is 0 Å². The van der Waals surface area contributed by atoms with Gasteiger partial charge < -0.3 is 14.9 Å². The second-order valence-corrected chi connectivity index (χ2v) is 6.25. The van der Waals surface area contributed by atoms with E-state index < -0.39 is 12.0 Å². The Morgan fingerprint density at radius 1 is 1.39 bits per heavy atom. The van der Waals surface area contributed by atoms with Crippen LogP contribution in [0.3, 0.4) is 0 Å². The molecule has 0 radical (unpaired) electrons. The number of hydrogen-bond donors (Lipinski definition) is 3. The fourth-order valence-corrected chi connectivity index (χ4v) is 3.63. The van der Waals surface area contributed by atoms with Crippen molar-refractivity contribution in [3.05, 3.63) is 53.9 Å². The van der Waals surface area contributed by atoms with Crippen molar-refractivity contribution in [3.63, 3.8) is 0 Å². The number of nitrogens with zero attached hydrogens (tertiary/aromatic N) is 1. The summed E-state index contributed by atoms with van der Waals surface area (Å²) < 4.78 is 5.81. The number of thioether (sulfide) groups is 1. The van der Waals surface area contributed by atoms with Crippen LogP contribution in [-0.2, 0) is 11.4 Å². The standard InChI is InChI=1S/C16H16N2O4S/c19-12-4-1-5-13(22-8-10-3-2-6-17-7-10)14(12)15-18-11(9-23-15)16(20)21/h1-7,11,15,18-19H,8-9H2,(H,20,21). The second kappa shape index (κ2) is 6.89. The average molecular weight is 332 g/mol. The molecule has 1 fully saturated rings. The van der Waals surface area contributed by atoms with E-state index >= 15 is 0 Å². The highest BCUT2D eigenvalue weighted by molar-refractivity contribution is 7.99. The molecule has 1 saturated heterocycles. The summed E-state index contributed by atoms with van der Waals surface area (Å²) in [7, 11) is 0. The molecular formula is C16H16N2O4S. The molecule has 7 heteroatoms. The number of phenolic OH excluding ortho intramolecular Hbond substituents is 1. The first kappa shape index (κ1) is 15.6. The Balaban J connectivity index is 1.79. The Hall–Kier alpha value is -2.25. The van der Waals surface area contributed by atoms with E-state index in [0.717, 1.165) is 5.56 Å². The van der Waals surface area contributed by atoms with Gasteiger partial charge in [-0.1, -0.05) is 12.1 Å². The first-order valence-corrected chi connectivity index (χ1v) is 8.14. The molecule has 3 N–H and O–H groups in total. The van der Waals surface area contributed by atoms with Gasteiger partial charge in [0.2, 0.25) is 0 Å². The molecule has 0 spiro atoms. The van der Waals surface area contributed by atoms with Gasteiger partial charge in [0.1, 0.15) is 24.1 Å². The minimum Gasteiger partial charge on any atom is -0.507 e. The van der Waals surface area contributed by atoms with Crippen molar-refractivity contribution >= 4 is 17.7 Å². The van der Waals surface area contributed by atoms with Crippen LogP contribution in [0.4, 0.5) is 0 Å². The van der Waals surface area contributed by atoms with Crippen LogP contribution in [-0.4, -0.2) is 33.0 Å². The molecule has 1 aromatic heterocycles. The van der Waals surface area contributed by atoms with Gasteiger partial charge in [-0.3, -0.25) is 15.1 Å². The number of nitrogens with one attached hydrogen (secondary N) is 1. The maximum atomic E-state index is 11.1. The third kappa shape index (κ3) is 3.57. The van der Waals surface area contributed by atoms with Gasteiger partial charge in [0.25, 0.3) is 0 Å². The van der Waals surface area contributed by atoms with Crippen molar-refractivity contribution in [2.75, 3.05) is 5.75 Å². The predicted octanol–water partition coefficient (Wildman–Crippen LogP) is 2.15. The van der Waals surface area contributed by atoms with Crippen molar-refractivity contribution in [1.82, 2.24) is 10.3 Å². The summed E-state index contributed by atoms with van der Waals surface area (Å²) in [5.74, 6) is 0.166. The second-order valence-electron chi connectivity index (χ2n) is 5.11. The van der Waals surface area contributed by atoms with Crippen LogP contribution in [0, 0.1) is 0 Å². The molecule has 1 aliphatic rings. The number of aromatic nitrogens is 1. The molecule has 2 unspecified atom stereocenters. The number of carbonyl (C=O) groups is 1. The number of benzene rings is 1. The Labute approximate surface area is 137 Å². The first-order valence-electron chi connectivity index (χ1n) is 7.09. The molecular weight excluding hydrogens is 316 g/mol. The summed E-state index contributed by atoms with van der Waals surface area (Å²) >= 11 is 1.44. The first-order chi connectivity index (χ1) is 11.1. The topological polar surface area (TPSA) is 91.7 Å². The van der Waals surface area contributed by atoms with E-state index in [9.17, 15) is 9.90 Å². The van der Waals surface area contributed by atoms with E-state index in [2.05, 4.69) is 10.3 Å². The molecule has 2 aromatic rings. The number of carboxylic acid groups (broad SMARTS) is 1. The number of phenols is 1. The van der Waals surface area contributed by atoms with Crippen molar-refractivity contribution in [1.29, 1.82) is 0 Å². The van der Waals surface area contributed by atoms with Crippen molar-refractivity contribution < 1.29 is 19.7 Å². The highest BCUT2D eigenvalue weighted by Gasteiger charge is 2.33. The molecule has 1 aromatic carbocycles. The van der Waals surface area contributed by atoms with Gasteiger partial charge in [0, 0.05) is 23.7 Å². The molecule has 0 saturated carbocycles. The monoisotopic (exact) mass is 332 g/mol. The minimum atomic E-state index is -0.895. The maximum Gasteiger partial charge on any atom is 0.321 e. The zero-order valence-corrected chi connectivity index (χ0v) is 13.0. The molecule has 6 nitrogen and oxygen atoms in total. The van der Waals surface area contributed by atoms with Gasteiger partial charge in [0.05, 0.1) is 10.9 Å². The highest BCUT2D eigenvalue weighted by atomic mass is 32.2. The third-order valence-electron chi connectivity index (χ3n) is 3.50. The summed E-state index contributed by atoms with van der Waals surface area (Å²) in [6.07, 6.45) is 3.40. The lowest BCUT2D eigenvalue weighted by atomic mass is 10.1. The van der Waals surface area contributed by atoms with Crippen LogP contribution >= 0.6 is 11.8 Å². The molecule has 0 bridgehead atoms. The summed E-state index contributed by atoms with van der Waals surface area (Å²) in [6, 6.07) is 8.14. The van der Waals surface area contributed by atoms with Crippen molar-refractivity contribution in [3.8, 4) is 11.5 Å². The fraction of sp³-hybridized carbons (Fsp3) is 0.250. The highest BCUT2D eigenvalue weighted by Crippen LogP contribution is 2.42. The molecule has 23 heavy (non-hydrogen) atoms. The summed E-state index contributed by atoms with van der Waals surface area (Å²) in [5, 5.41) is 22.0. The molecule has 1 aliphatic heterocycles. The number of carboxylic acids is 1. The number of aromatic hydroxyl groups is 1. The van der Waals surface area contributed by atoms with Gasteiger partial charge in [-0.05, 0) is 18.2 Å². The van der Waals surface area contributed by atoms with Crippen molar-refractivity contribution in [2.45, 2.75) is 18.0 Å². The number of aliphatic carboxylic acids is 1. The minimum absolute atomic E-state index is 0.0877. The Bertz CT molecular complexity index is 696. The van der Waals surface area contributed by atoms with Gasteiger partial charge in [-0.2, -0.15) is 0 Å². The third-order valence-corrected chi connectivity index (χ3v) is 4.73. The van der Waals surface area contributed by atoms with Gasteiger partial charge in [-0.15, -0.1) is 11.8 Å². The number of rotatable bonds is 5. The van der Waals surface area contributed by atoms with Crippen LogP contribution in [0.15, 0.2) is 42.7 Å². The Morgan fingerprint density at radius 3 is 2.96 bits per heavy atom. The Kier molecular flexibility index (Phi) is 4.68. The van der Waals surface area contributed by atoms with Crippen LogP contribution in [0.2, 0.25) is 0 Å². The van der Waals surface area contributed by atoms with E-state index in [0.29, 0.717) is 23.7 Å². The average Bonchev–Trinajstić information content (AvgIpc) is 3.04. The zero-order chi connectivity index (χ0) is 16.2. The quantitative estimate of drug-likeness (QED) is 0.772. The van der Waals surface area contributed by atoms with E-state index in [1.807, 2.05) is 12.1 Å². The number of ether oxygens (including phenoxy) is 1. The normalized spacial score (nSPS) is 20.3.